The van der Waals surface area contributed by atoms with Gasteiger partial charge in [0.1, 0.15) is 5.60 Å². The van der Waals surface area contributed by atoms with Crippen LogP contribution >= 0.6 is 0 Å². The maximum Gasteiger partial charge on any atom is 0.169 e. The van der Waals surface area contributed by atoms with E-state index in [-0.39, 0.29) is 5.78 Å². The fourth-order valence-electron chi connectivity index (χ4n) is 0.994. The van der Waals surface area contributed by atoms with Gasteiger partial charge in [-0.2, -0.15) is 0 Å². The molecule has 3 nitrogen and oxygen atoms in total. The first-order valence-corrected chi connectivity index (χ1v) is 4.54. The van der Waals surface area contributed by atoms with Gasteiger partial charge in [-0.05, 0) is 26.0 Å². The fourth-order valence-corrected chi connectivity index (χ4v) is 0.994. The van der Waals surface area contributed by atoms with Crippen molar-refractivity contribution in [1.29, 1.82) is 0 Å². The van der Waals surface area contributed by atoms with Crippen LogP contribution in [0.5, 0.6) is 0 Å². The Morgan fingerprint density at radius 1 is 1.50 bits per heavy atom. The SMILES string of the molecule is COC(C)(C)C(=O)Cc1ccccn1. The maximum absolute atomic E-state index is 11.7. The Kier molecular flexibility index (Phi) is 3.36. The van der Waals surface area contributed by atoms with E-state index in [1.807, 2.05) is 18.2 Å². The summed E-state index contributed by atoms with van der Waals surface area (Å²) in [4.78, 5) is 15.8. The van der Waals surface area contributed by atoms with Gasteiger partial charge in [-0.3, -0.25) is 9.78 Å². The van der Waals surface area contributed by atoms with E-state index in [2.05, 4.69) is 4.98 Å². The summed E-state index contributed by atoms with van der Waals surface area (Å²) in [5.74, 6) is 0.0405. The van der Waals surface area contributed by atoms with Crippen LogP contribution in [-0.4, -0.2) is 23.5 Å². The van der Waals surface area contributed by atoms with E-state index in [4.69, 9.17) is 4.74 Å². The Balaban J connectivity index is 2.67. The van der Waals surface area contributed by atoms with Crippen LogP contribution < -0.4 is 0 Å². The van der Waals surface area contributed by atoms with E-state index in [1.54, 1.807) is 20.0 Å². The zero-order valence-electron chi connectivity index (χ0n) is 8.78. The minimum absolute atomic E-state index is 0.0405. The number of aromatic nitrogens is 1. The molecule has 0 aliphatic rings. The van der Waals surface area contributed by atoms with E-state index in [0.29, 0.717) is 6.42 Å². The van der Waals surface area contributed by atoms with Crippen LogP contribution in [-0.2, 0) is 16.0 Å². The van der Waals surface area contributed by atoms with Crippen molar-refractivity contribution < 1.29 is 9.53 Å². The number of carbonyl (C=O) groups is 1. The number of hydrogen-bond acceptors (Lipinski definition) is 3. The van der Waals surface area contributed by atoms with E-state index < -0.39 is 5.60 Å². The molecular weight excluding hydrogens is 178 g/mol. The molecule has 76 valence electrons. The maximum atomic E-state index is 11.7. The minimum atomic E-state index is -0.725. The number of Topliss-reactive ketones (excluding diaryl/α,β-unsaturated/α-hetero) is 1. The van der Waals surface area contributed by atoms with Gasteiger partial charge >= 0.3 is 0 Å². The summed E-state index contributed by atoms with van der Waals surface area (Å²) >= 11 is 0. The summed E-state index contributed by atoms with van der Waals surface area (Å²) in [5.41, 5.74) is 0.0555. The van der Waals surface area contributed by atoms with Crippen molar-refractivity contribution in [3.05, 3.63) is 30.1 Å². The molecule has 0 atom stereocenters. The molecule has 0 spiro atoms. The lowest BCUT2D eigenvalue weighted by Gasteiger charge is -2.20. The van der Waals surface area contributed by atoms with Crippen LogP contribution in [0.2, 0.25) is 0 Å². The third kappa shape index (κ3) is 2.64. The average molecular weight is 193 g/mol. The Morgan fingerprint density at radius 3 is 2.71 bits per heavy atom. The third-order valence-electron chi connectivity index (χ3n) is 2.25. The molecule has 0 saturated carbocycles. The van der Waals surface area contributed by atoms with Crippen LogP contribution in [0, 0.1) is 0 Å². The van der Waals surface area contributed by atoms with E-state index >= 15 is 0 Å². The van der Waals surface area contributed by atoms with Gasteiger partial charge in [-0.25, -0.2) is 0 Å². The van der Waals surface area contributed by atoms with Crippen molar-refractivity contribution in [1.82, 2.24) is 4.98 Å². The van der Waals surface area contributed by atoms with Crippen molar-refractivity contribution >= 4 is 5.78 Å². The summed E-state index contributed by atoms with van der Waals surface area (Å²) in [5, 5.41) is 0. The fraction of sp³-hybridized carbons (Fsp3) is 0.455. The second-order valence-corrected chi connectivity index (χ2v) is 3.64. The number of hydrogen-bond donors (Lipinski definition) is 0. The van der Waals surface area contributed by atoms with Gasteiger partial charge in [0.05, 0.1) is 6.42 Å². The number of ketones is 1. The van der Waals surface area contributed by atoms with Gasteiger partial charge in [0, 0.05) is 19.0 Å². The molecule has 0 unspecified atom stereocenters. The molecule has 0 amide bonds. The smallest absolute Gasteiger partial charge is 0.169 e. The van der Waals surface area contributed by atoms with Crippen molar-refractivity contribution in [2.24, 2.45) is 0 Å². The lowest BCUT2D eigenvalue weighted by atomic mass is 9.99. The number of ether oxygens (including phenoxy) is 1. The first-order valence-electron chi connectivity index (χ1n) is 4.54. The van der Waals surface area contributed by atoms with Gasteiger partial charge in [0.25, 0.3) is 0 Å². The van der Waals surface area contributed by atoms with Gasteiger partial charge < -0.3 is 4.74 Å². The van der Waals surface area contributed by atoms with E-state index in [9.17, 15) is 4.79 Å². The van der Waals surface area contributed by atoms with Crippen molar-refractivity contribution in [3.63, 3.8) is 0 Å². The Hall–Kier alpha value is -1.22. The molecule has 3 heteroatoms. The van der Waals surface area contributed by atoms with Crippen LogP contribution in [0.25, 0.3) is 0 Å². The second-order valence-electron chi connectivity index (χ2n) is 3.64. The standard InChI is InChI=1S/C11H15NO2/c1-11(2,14-3)10(13)8-9-6-4-5-7-12-9/h4-7H,8H2,1-3H3. The molecular formula is C11H15NO2. The highest BCUT2D eigenvalue weighted by atomic mass is 16.5. The summed E-state index contributed by atoms with van der Waals surface area (Å²) in [6.07, 6.45) is 2.00. The van der Waals surface area contributed by atoms with Crippen LogP contribution in [0.15, 0.2) is 24.4 Å². The molecule has 1 heterocycles. The number of carbonyl (C=O) groups excluding carboxylic acids is 1. The molecule has 1 aromatic heterocycles. The van der Waals surface area contributed by atoms with Crippen LogP contribution in [0.4, 0.5) is 0 Å². The quantitative estimate of drug-likeness (QED) is 0.729. The molecule has 0 aliphatic heterocycles. The predicted molar refractivity (Wildman–Crippen MR) is 54.0 cm³/mol. The Labute approximate surface area is 84.1 Å². The molecule has 0 aliphatic carbocycles. The van der Waals surface area contributed by atoms with Crippen LogP contribution in [0.1, 0.15) is 19.5 Å². The summed E-state index contributed by atoms with van der Waals surface area (Å²) in [7, 11) is 1.54. The summed E-state index contributed by atoms with van der Waals surface area (Å²) in [6, 6.07) is 5.54. The minimum Gasteiger partial charge on any atom is -0.371 e. The molecule has 0 aromatic carbocycles. The highest BCUT2D eigenvalue weighted by molar-refractivity contribution is 5.88. The number of rotatable bonds is 4. The van der Waals surface area contributed by atoms with E-state index in [0.717, 1.165) is 5.69 Å². The highest BCUT2D eigenvalue weighted by Crippen LogP contribution is 2.11. The molecule has 0 N–H and O–H groups in total. The van der Waals surface area contributed by atoms with Gasteiger partial charge in [0.15, 0.2) is 5.78 Å². The zero-order chi connectivity index (χ0) is 10.6. The van der Waals surface area contributed by atoms with Gasteiger partial charge in [-0.1, -0.05) is 6.07 Å². The number of methoxy groups -OCH3 is 1. The molecule has 0 saturated heterocycles. The lowest BCUT2D eigenvalue weighted by Crippen LogP contribution is -2.35. The lowest BCUT2D eigenvalue weighted by molar-refractivity contribution is -0.136. The Morgan fingerprint density at radius 2 is 2.21 bits per heavy atom. The average Bonchev–Trinajstić information content (AvgIpc) is 2.19. The van der Waals surface area contributed by atoms with Crippen molar-refractivity contribution in [3.8, 4) is 0 Å². The summed E-state index contributed by atoms with van der Waals surface area (Å²) in [6.45, 7) is 3.52. The molecule has 14 heavy (non-hydrogen) atoms. The molecule has 0 bridgehead atoms. The van der Waals surface area contributed by atoms with Gasteiger partial charge in [0.2, 0.25) is 0 Å². The first-order chi connectivity index (χ1) is 6.56. The van der Waals surface area contributed by atoms with Crippen molar-refractivity contribution in [2.75, 3.05) is 7.11 Å². The highest BCUT2D eigenvalue weighted by Gasteiger charge is 2.26. The topological polar surface area (TPSA) is 39.2 Å². The number of pyridine rings is 1. The van der Waals surface area contributed by atoms with Crippen molar-refractivity contribution in [2.45, 2.75) is 25.9 Å². The molecule has 0 radical (unpaired) electrons. The van der Waals surface area contributed by atoms with Gasteiger partial charge in [-0.15, -0.1) is 0 Å². The monoisotopic (exact) mass is 193 g/mol. The third-order valence-corrected chi connectivity index (χ3v) is 2.25. The first kappa shape index (κ1) is 10.9. The predicted octanol–water partition coefficient (Wildman–Crippen LogP) is 1.62. The molecule has 1 rings (SSSR count). The molecule has 1 aromatic rings. The Bertz CT molecular complexity index is 306. The van der Waals surface area contributed by atoms with E-state index in [1.165, 1.54) is 7.11 Å². The summed E-state index contributed by atoms with van der Waals surface area (Å²) < 4.78 is 5.09. The largest absolute Gasteiger partial charge is 0.371 e. The van der Waals surface area contributed by atoms with Crippen LogP contribution in [0.3, 0.4) is 0 Å². The second kappa shape index (κ2) is 4.33. The molecule has 0 fully saturated rings. The normalized spacial score (nSPS) is 11.4. The zero-order valence-corrected chi connectivity index (χ0v) is 8.78. The number of nitrogens with zero attached hydrogens (tertiary/aromatic N) is 1.